The van der Waals surface area contributed by atoms with E-state index in [1.165, 1.54) is 6.92 Å². The van der Waals surface area contributed by atoms with Gasteiger partial charge >= 0.3 is 0 Å². The molecule has 90 valence electrons. The van der Waals surface area contributed by atoms with Crippen LogP contribution in [0.3, 0.4) is 0 Å². The average Bonchev–Trinajstić information content (AvgIpc) is 2.81. The molecule has 0 radical (unpaired) electrons. The molecule has 0 atom stereocenters. The van der Waals surface area contributed by atoms with Crippen molar-refractivity contribution < 1.29 is 9.21 Å². The van der Waals surface area contributed by atoms with Gasteiger partial charge in [0.05, 0.1) is 12.8 Å². The third-order valence-electron chi connectivity index (χ3n) is 2.28. The molecule has 1 aromatic heterocycles. The highest BCUT2D eigenvalue weighted by Crippen LogP contribution is 2.10. The average molecular weight is 231 g/mol. The van der Waals surface area contributed by atoms with Crippen molar-refractivity contribution in [2.45, 2.75) is 20.4 Å². The fraction of sp³-hybridized carbons (Fsp3) is 0.214. The summed E-state index contributed by atoms with van der Waals surface area (Å²) in [5.74, 6) is 0.829. The van der Waals surface area contributed by atoms with Crippen molar-refractivity contribution in [2.24, 2.45) is 0 Å². The van der Waals surface area contributed by atoms with Gasteiger partial charge in [0, 0.05) is 11.3 Å². The zero-order valence-electron chi connectivity index (χ0n) is 10.2. The summed E-state index contributed by atoms with van der Waals surface area (Å²) in [6.07, 6.45) is 6.79. The third kappa shape index (κ3) is 3.79. The third-order valence-corrected chi connectivity index (χ3v) is 2.28. The Kier molecular flexibility index (Phi) is 5.01. The fourth-order valence-corrected chi connectivity index (χ4v) is 1.46. The van der Waals surface area contributed by atoms with E-state index < -0.39 is 0 Å². The highest BCUT2D eigenvalue weighted by atomic mass is 16.3. The molecule has 0 spiro atoms. The highest BCUT2D eigenvalue weighted by Gasteiger charge is 2.08. The molecule has 0 aromatic carbocycles. The zero-order valence-corrected chi connectivity index (χ0v) is 10.2. The van der Waals surface area contributed by atoms with Crippen LogP contribution in [0.5, 0.6) is 0 Å². The number of hydrogen-bond acceptors (Lipinski definition) is 3. The minimum atomic E-state index is 0.00458. The van der Waals surface area contributed by atoms with Crippen LogP contribution in [-0.4, -0.2) is 5.78 Å². The molecule has 3 heteroatoms. The second-order valence-electron chi connectivity index (χ2n) is 3.51. The second-order valence-corrected chi connectivity index (χ2v) is 3.51. The molecule has 0 aliphatic heterocycles. The van der Waals surface area contributed by atoms with Crippen LogP contribution in [0.1, 0.15) is 19.6 Å². The molecule has 1 heterocycles. The molecule has 0 unspecified atom stereocenters. The summed E-state index contributed by atoms with van der Waals surface area (Å²) in [5, 5.41) is 3.17. The SMILES string of the molecule is C=C/C=C(C(C)=O)\C(=C/C)NCc1ccco1. The van der Waals surface area contributed by atoms with Gasteiger partial charge in [-0.1, -0.05) is 18.7 Å². The second kappa shape index (κ2) is 6.53. The number of allylic oxidation sites excluding steroid dienone is 4. The number of carbonyl (C=O) groups excluding carboxylic acids is 1. The summed E-state index contributed by atoms with van der Waals surface area (Å²) < 4.78 is 5.21. The molecule has 1 rings (SSSR count). The maximum absolute atomic E-state index is 11.5. The van der Waals surface area contributed by atoms with Crippen LogP contribution in [0.15, 0.2) is 58.9 Å². The van der Waals surface area contributed by atoms with Crippen LogP contribution < -0.4 is 5.32 Å². The molecule has 0 saturated carbocycles. The first-order chi connectivity index (χ1) is 8.19. The topological polar surface area (TPSA) is 42.2 Å². The summed E-state index contributed by atoms with van der Waals surface area (Å²) in [6.45, 7) is 7.57. The summed E-state index contributed by atoms with van der Waals surface area (Å²) >= 11 is 0. The first-order valence-electron chi connectivity index (χ1n) is 5.45. The number of rotatable bonds is 6. The lowest BCUT2D eigenvalue weighted by atomic mass is 10.1. The van der Waals surface area contributed by atoms with E-state index in [0.29, 0.717) is 12.1 Å². The lowest BCUT2D eigenvalue weighted by Crippen LogP contribution is -2.17. The van der Waals surface area contributed by atoms with Crippen molar-refractivity contribution in [3.8, 4) is 0 Å². The number of furan rings is 1. The zero-order chi connectivity index (χ0) is 12.7. The van der Waals surface area contributed by atoms with Crippen molar-refractivity contribution >= 4 is 5.78 Å². The number of carbonyl (C=O) groups is 1. The van der Waals surface area contributed by atoms with Crippen molar-refractivity contribution in [1.29, 1.82) is 0 Å². The summed E-state index contributed by atoms with van der Waals surface area (Å²) in [7, 11) is 0. The first kappa shape index (κ1) is 13.0. The van der Waals surface area contributed by atoms with E-state index in [1.54, 1.807) is 18.4 Å². The minimum Gasteiger partial charge on any atom is -0.467 e. The Hall–Kier alpha value is -2.03. The van der Waals surface area contributed by atoms with Gasteiger partial charge in [-0.05, 0) is 32.1 Å². The molecule has 0 aliphatic carbocycles. The Bertz CT molecular complexity index is 439. The largest absolute Gasteiger partial charge is 0.467 e. The van der Waals surface area contributed by atoms with E-state index in [9.17, 15) is 4.79 Å². The predicted octanol–water partition coefficient (Wildman–Crippen LogP) is 2.97. The number of Topliss-reactive ketones (excluding diaryl/α,β-unsaturated/α-hetero) is 1. The summed E-state index contributed by atoms with van der Waals surface area (Å²) in [4.78, 5) is 11.5. The van der Waals surface area contributed by atoms with E-state index in [4.69, 9.17) is 4.42 Å². The van der Waals surface area contributed by atoms with Gasteiger partial charge in [-0.25, -0.2) is 0 Å². The standard InChI is InChI=1S/C14H17NO2/c1-4-7-13(11(3)16)14(5-2)15-10-12-8-6-9-17-12/h4-9,15H,1,10H2,2-3H3/b13-7-,14-5+. The Morgan fingerprint density at radius 1 is 1.59 bits per heavy atom. The maximum atomic E-state index is 11.5. The molecule has 0 bridgehead atoms. The van der Waals surface area contributed by atoms with Crippen molar-refractivity contribution in [3.63, 3.8) is 0 Å². The van der Waals surface area contributed by atoms with Gasteiger partial charge in [0.1, 0.15) is 5.76 Å². The van der Waals surface area contributed by atoms with Gasteiger partial charge in [-0.15, -0.1) is 0 Å². The van der Waals surface area contributed by atoms with Gasteiger partial charge in [-0.3, -0.25) is 4.79 Å². The highest BCUT2D eigenvalue weighted by molar-refractivity contribution is 5.97. The molecule has 0 aliphatic rings. The van der Waals surface area contributed by atoms with Gasteiger partial charge in [-0.2, -0.15) is 0 Å². The Morgan fingerprint density at radius 3 is 2.82 bits per heavy atom. The normalized spacial score (nSPS) is 12.4. The van der Waals surface area contributed by atoms with Gasteiger partial charge in [0.15, 0.2) is 5.78 Å². The van der Waals surface area contributed by atoms with Gasteiger partial charge < -0.3 is 9.73 Å². The number of nitrogens with one attached hydrogen (secondary N) is 1. The maximum Gasteiger partial charge on any atom is 0.161 e. The fourth-order valence-electron chi connectivity index (χ4n) is 1.46. The van der Waals surface area contributed by atoms with Crippen LogP contribution >= 0.6 is 0 Å². The van der Waals surface area contributed by atoms with E-state index >= 15 is 0 Å². The Labute approximate surface area is 102 Å². The van der Waals surface area contributed by atoms with Gasteiger partial charge in [0.25, 0.3) is 0 Å². The number of hydrogen-bond donors (Lipinski definition) is 1. The molecule has 1 aromatic rings. The molecule has 0 saturated heterocycles. The summed E-state index contributed by atoms with van der Waals surface area (Å²) in [5.41, 5.74) is 1.41. The van der Waals surface area contributed by atoms with Crippen LogP contribution in [0.4, 0.5) is 0 Å². The van der Waals surface area contributed by atoms with E-state index in [2.05, 4.69) is 11.9 Å². The molecule has 17 heavy (non-hydrogen) atoms. The van der Waals surface area contributed by atoms with E-state index in [1.807, 2.05) is 25.1 Å². The molecular weight excluding hydrogens is 214 g/mol. The monoisotopic (exact) mass is 231 g/mol. The quantitative estimate of drug-likeness (QED) is 0.604. The Morgan fingerprint density at radius 2 is 2.35 bits per heavy atom. The predicted molar refractivity (Wildman–Crippen MR) is 68.3 cm³/mol. The molecule has 1 N–H and O–H groups in total. The Balaban J connectivity index is 2.74. The van der Waals surface area contributed by atoms with Crippen LogP contribution in [-0.2, 0) is 11.3 Å². The van der Waals surface area contributed by atoms with Crippen LogP contribution in [0, 0.1) is 0 Å². The number of ketones is 1. The first-order valence-corrected chi connectivity index (χ1v) is 5.45. The molecule has 0 amide bonds. The van der Waals surface area contributed by atoms with E-state index in [-0.39, 0.29) is 5.78 Å². The van der Waals surface area contributed by atoms with Crippen molar-refractivity contribution in [3.05, 3.63) is 60.2 Å². The van der Waals surface area contributed by atoms with Gasteiger partial charge in [0.2, 0.25) is 0 Å². The van der Waals surface area contributed by atoms with E-state index in [0.717, 1.165) is 11.5 Å². The lowest BCUT2D eigenvalue weighted by Gasteiger charge is -2.10. The lowest BCUT2D eigenvalue weighted by molar-refractivity contribution is -0.113. The van der Waals surface area contributed by atoms with Crippen molar-refractivity contribution in [1.82, 2.24) is 5.32 Å². The smallest absolute Gasteiger partial charge is 0.161 e. The molecule has 0 fully saturated rings. The van der Waals surface area contributed by atoms with Crippen molar-refractivity contribution in [2.75, 3.05) is 0 Å². The minimum absolute atomic E-state index is 0.00458. The van der Waals surface area contributed by atoms with Crippen LogP contribution in [0.2, 0.25) is 0 Å². The molecule has 3 nitrogen and oxygen atoms in total. The molecular formula is C14H17NO2. The summed E-state index contributed by atoms with van der Waals surface area (Å²) in [6, 6.07) is 3.71. The van der Waals surface area contributed by atoms with Crippen LogP contribution in [0.25, 0.3) is 0 Å².